The van der Waals surface area contributed by atoms with Crippen molar-refractivity contribution in [1.29, 1.82) is 0 Å². The molecule has 0 atom stereocenters. The molecule has 0 saturated heterocycles. The molecule has 2 rings (SSSR count). The van der Waals surface area contributed by atoms with E-state index in [1.165, 1.54) is 18.2 Å². The summed E-state index contributed by atoms with van der Waals surface area (Å²) in [5.74, 6) is -0.675. The van der Waals surface area contributed by atoms with Crippen LogP contribution in [0.3, 0.4) is 0 Å². The van der Waals surface area contributed by atoms with Gasteiger partial charge >= 0.3 is 0 Å². The van der Waals surface area contributed by atoms with E-state index in [0.717, 1.165) is 10.0 Å². The third-order valence-corrected chi connectivity index (χ3v) is 3.59. The number of nitrogens with one attached hydrogen (secondary N) is 1. The number of aryl methyl sites for hydroxylation is 1. The fourth-order valence-electron chi connectivity index (χ4n) is 1.68. The van der Waals surface area contributed by atoms with Crippen molar-refractivity contribution >= 4 is 43.5 Å². The van der Waals surface area contributed by atoms with Crippen LogP contribution in [-0.2, 0) is 0 Å². The monoisotopic (exact) mass is 385 g/mol. The molecule has 2 nitrogen and oxygen atoms in total. The van der Waals surface area contributed by atoms with Crippen molar-refractivity contribution in [2.75, 3.05) is 5.32 Å². The predicted molar refractivity (Wildman–Crippen MR) is 80.9 cm³/mol. The van der Waals surface area contributed by atoms with Gasteiger partial charge in [-0.05, 0) is 64.8 Å². The molecule has 2 aromatic rings. The zero-order valence-electron chi connectivity index (χ0n) is 10.0. The first kappa shape index (κ1) is 14.2. The van der Waals surface area contributed by atoms with Crippen molar-refractivity contribution in [1.82, 2.24) is 0 Å². The van der Waals surface area contributed by atoms with Crippen LogP contribution in [0.25, 0.3) is 0 Å². The maximum Gasteiger partial charge on any atom is 0.256 e. The number of hydrogen-bond acceptors (Lipinski definition) is 1. The van der Waals surface area contributed by atoms with Gasteiger partial charge in [-0.3, -0.25) is 4.79 Å². The zero-order chi connectivity index (χ0) is 14.0. The second-order valence-corrected chi connectivity index (χ2v) is 5.87. The van der Waals surface area contributed by atoms with Crippen LogP contribution in [-0.4, -0.2) is 5.91 Å². The smallest absolute Gasteiger partial charge is 0.256 e. The molecular formula is C14H10Br2FNO. The van der Waals surface area contributed by atoms with E-state index in [-0.39, 0.29) is 11.7 Å². The minimum absolute atomic E-state index is 0.288. The lowest BCUT2D eigenvalue weighted by atomic mass is 10.2. The van der Waals surface area contributed by atoms with Crippen LogP contribution >= 0.6 is 31.9 Å². The number of anilines is 1. The Morgan fingerprint density at radius 2 is 1.89 bits per heavy atom. The molecule has 0 saturated carbocycles. The van der Waals surface area contributed by atoms with Gasteiger partial charge in [-0.15, -0.1) is 0 Å². The minimum atomic E-state index is -0.387. The van der Waals surface area contributed by atoms with Crippen LogP contribution < -0.4 is 5.32 Å². The van der Waals surface area contributed by atoms with E-state index in [9.17, 15) is 9.18 Å². The predicted octanol–water partition coefficient (Wildman–Crippen LogP) is 4.91. The molecule has 19 heavy (non-hydrogen) atoms. The lowest BCUT2D eigenvalue weighted by Crippen LogP contribution is -2.12. The Morgan fingerprint density at radius 1 is 1.16 bits per heavy atom. The fraction of sp³-hybridized carbons (Fsp3) is 0.0714. The topological polar surface area (TPSA) is 29.1 Å². The second-order valence-electron chi connectivity index (χ2n) is 4.10. The highest BCUT2D eigenvalue weighted by atomic mass is 79.9. The first-order chi connectivity index (χ1) is 8.95. The summed E-state index contributed by atoms with van der Waals surface area (Å²) in [5, 5.41) is 2.78. The largest absolute Gasteiger partial charge is 0.322 e. The van der Waals surface area contributed by atoms with Crippen molar-refractivity contribution in [3.63, 3.8) is 0 Å². The number of hydrogen-bond donors (Lipinski definition) is 1. The fourth-order valence-corrected chi connectivity index (χ4v) is 2.82. The molecule has 0 aliphatic rings. The Bertz CT molecular complexity index is 623. The second kappa shape index (κ2) is 5.84. The van der Waals surface area contributed by atoms with Crippen LogP contribution in [0.1, 0.15) is 15.9 Å². The quantitative estimate of drug-likeness (QED) is 0.780. The molecule has 0 heterocycles. The molecule has 0 radical (unpaired) electrons. The molecule has 0 aliphatic heterocycles. The van der Waals surface area contributed by atoms with E-state index in [1.807, 2.05) is 25.1 Å². The lowest BCUT2D eigenvalue weighted by Gasteiger charge is -2.08. The highest BCUT2D eigenvalue weighted by Gasteiger charge is 2.11. The average molecular weight is 387 g/mol. The summed E-state index contributed by atoms with van der Waals surface area (Å²) in [6.07, 6.45) is 0. The molecule has 2 aromatic carbocycles. The molecule has 0 aromatic heterocycles. The summed E-state index contributed by atoms with van der Waals surface area (Å²) in [6, 6.07) is 9.58. The van der Waals surface area contributed by atoms with Gasteiger partial charge in [0.05, 0.1) is 5.56 Å². The van der Waals surface area contributed by atoms with Crippen LogP contribution in [0.15, 0.2) is 45.3 Å². The van der Waals surface area contributed by atoms with E-state index in [4.69, 9.17) is 0 Å². The van der Waals surface area contributed by atoms with Crippen molar-refractivity contribution in [2.45, 2.75) is 6.92 Å². The van der Waals surface area contributed by atoms with Gasteiger partial charge in [-0.1, -0.05) is 15.9 Å². The molecule has 5 heteroatoms. The third-order valence-electron chi connectivity index (χ3n) is 2.48. The molecule has 0 spiro atoms. The van der Waals surface area contributed by atoms with E-state index >= 15 is 0 Å². The van der Waals surface area contributed by atoms with Crippen LogP contribution in [0.4, 0.5) is 10.1 Å². The minimum Gasteiger partial charge on any atom is -0.322 e. The number of carbonyl (C=O) groups is 1. The molecular weight excluding hydrogens is 377 g/mol. The van der Waals surface area contributed by atoms with E-state index in [1.54, 1.807) is 0 Å². The zero-order valence-corrected chi connectivity index (χ0v) is 13.2. The Morgan fingerprint density at radius 3 is 2.53 bits per heavy atom. The highest BCUT2D eigenvalue weighted by molar-refractivity contribution is 9.10. The van der Waals surface area contributed by atoms with E-state index < -0.39 is 0 Å². The van der Waals surface area contributed by atoms with E-state index in [2.05, 4.69) is 37.2 Å². The van der Waals surface area contributed by atoms with Gasteiger partial charge in [0.15, 0.2) is 0 Å². The summed E-state index contributed by atoms with van der Waals surface area (Å²) < 4.78 is 14.3. The summed E-state index contributed by atoms with van der Waals surface area (Å²) >= 11 is 6.55. The molecule has 0 unspecified atom stereocenters. The SMILES string of the molecule is Cc1cc(Br)cc(NC(=O)c2ccc(F)cc2Br)c1. The summed E-state index contributed by atoms with van der Waals surface area (Å²) in [7, 11) is 0. The number of benzene rings is 2. The summed E-state index contributed by atoms with van der Waals surface area (Å²) in [6.45, 7) is 1.94. The van der Waals surface area contributed by atoms with Gasteiger partial charge < -0.3 is 5.32 Å². The van der Waals surface area contributed by atoms with E-state index in [0.29, 0.717) is 15.7 Å². The third kappa shape index (κ3) is 3.64. The molecule has 0 fully saturated rings. The molecule has 1 amide bonds. The van der Waals surface area contributed by atoms with Gasteiger partial charge in [0.1, 0.15) is 5.82 Å². The summed E-state index contributed by atoms with van der Waals surface area (Å²) in [5.41, 5.74) is 2.11. The molecule has 1 N–H and O–H groups in total. The van der Waals surface area contributed by atoms with Crippen molar-refractivity contribution < 1.29 is 9.18 Å². The van der Waals surface area contributed by atoms with Gasteiger partial charge in [-0.25, -0.2) is 4.39 Å². The number of halogens is 3. The number of carbonyl (C=O) groups excluding carboxylic acids is 1. The van der Waals surface area contributed by atoms with Crippen LogP contribution in [0, 0.1) is 12.7 Å². The lowest BCUT2D eigenvalue weighted by molar-refractivity contribution is 0.102. The molecule has 0 aliphatic carbocycles. The maximum absolute atomic E-state index is 13.0. The van der Waals surface area contributed by atoms with Crippen molar-refractivity contribution in [2.24, 2.45) is 0 Å². The summed E-state index contributed by atoms with van der Waals surface area (Å²) in [4.78, 5) is 12.1. The standard InChI is InChI=1S/C14H10Br2FNO/c1-8-4-9(15)6-11(5-8)18-14(19)12-3-2-10(17)7-13(12)16/h2-7H,1H3,(H,18,19). The maximum atomic E-state index is 13.0. The molecule has 98 valence electrons. The average Bonchev–Trinajstić information content (AvgIpc) is 2.26. The highest BCUT2D eigenvalue weighted by Crippen LogP contribution is 2.22. The number of amides is 1. The number of rotatable bonds is 2. The van der Waals surface area contributed by atoms with Crippen molar-refractivity contribution in [3.05, 3.63) is 62.3 Å². The van der Waals surface area contributed by atoms with Crippen LogP contribution in [0.2, 0.25) is 0 Å². The van der Waals surface area contributed by atoms with Gasteiger partial charge in [-0.2, -0.15) is 0 Å². The Hall–Kier alpha value is -1.20. The van der Waals surface area contributed by atoms with Crippen molar-refractivity contribution in [3.8, 4) is 0 Å². The van der Waals surface area contributed by atoms with Gasteiger partial charge in [0, 0.05) is 14.6 Å². The van der Waals surface area contributed by atoms with Gasteiger partial charge in [0.25, 0.3) is 5.91 Å². The van der Waals surface area contributed by atoms with Crippen LogP contribution in [0.5, 0.6) is 0 Å². The normalized spacial score (nSPS) is 10.3. The first-order valence-corrected chi connectivity index (χ1v) is 7.08. The molecule has 0 bridgehead atoms. The Balaban J connectivity index is 2.25. The van der Waals surface area contributed by atoms with Gasteiger partial charge in [0.2, 0.25) is 0 Å². The Kier molecular flexibility index (Phi) is 4.37. The Labute approximate surface area is 127 Å². The first-order valence-electron chi connectivity index (χ1n) is 5.49.